The van der Waals surface area contributed by atoms with Gasteiger partial charge in [0.1, 0.15) is 6.42 Å². The first-order chi connectivity index (χ1) is 7.51. The van der Waals surface area contributed by atoms with Gasteiger partial charge < -0.3 is 9.47 Å². The molecule has 90 valence electrons. The molecule has 0 radical (unpaired) electrons. The molecule has 2 unspecified atom stereocenters. The second-order valence-electron chi connectivity index (χ2n) is 5.01. The summed E-state index contributed by atoms with van der Waals surface area (Å²) in [6.45, 7) is 3.85. The van der Waals surface area contributed by atoms with E-state index < -0.39 is 17.7 Å². The van der Waals surface area contributed by atoms with Crippen molar-refractivity contribution in [3.8, 4) is 0 Å². The summed E-state index contributed by atoms with van der Waals surface area (Å²) in [5.74, 6) is -1.40. The Morgan fingerprint density at radius 3 is 2.25 bits per heavy atom. The van der Waals surface area contributed by atoms with E-state index in [0.717, 1.165) is 19.3 Å². The number of hydrogen-bond acceptors (Lipinski definition) is 4. The Morgan fingerprint density at radius 2 is 1.69 bits per heavy atom. The van der Waals surface area contributed by atoms with Gasteiger partial charge >= 0.3 is 11.9 Å². The van der Waals surface area contributed by atoms with Gasteiger partial charge in [0.15, 0.2) is 0 Å². The van der Waals surface area contributed by atoms with Gasteiger partial charge in [-0.3, -0.25) is 9.59 Å². The van der Waals surface area contributed by atoms with Crippen LogP contribution >= 0.6 is 0 Å². The van der Waals surface area contributed by atoms with Crippen molar-refractivity contribution >= 4 is 11.9 Å². The van der Waals surface area contributed by atoms with Crippen LogP contribution in [0.2, 0.25) is 0 Å². The summed E-state index contributed by atoms with van der Waals surface area (Å²) in [6, 6.07) is 0. The molecule has 2 fully saturated rings. The SMILES string of the molecule is CC1CCCCC1C1(C)OC(=O)CC(=O)O1. The first-order valence-corrected chi connectivity index (χ1v) is 5.95. The lowest BCUT2D eigenvalue weighted by Gasteiger charge is -2.43. The van der Waals surface area contributed by atoms with Crippen LogP contribution in [0.5, 0.6) is 0 Å². The molecule has 0 bridgehead atoms. The molecule has 2 atom stereocenters. The van der Waals surface area contributed by atoms with Gasteiger partial charge in [0.05, 0.1) is 0 Å². The third kappa shape index (κ3) is 2.06. The minimum atomic E-state index is -1.04. The van der Waals surface area contributed by atoms with Crippen LogP contribution in [0.25, 0.3) is 0 Å². The number of carbonyl (C=O) groups is 2. The van der Waals surface area contributed by atoms with Gasteiger partial charge in [-0.15, -0.1) is 0 Å². The zero-order valence-electron chi connectivity index (χ0n) is 9.82. The summed E-state index contributed by atoms with van der Waals surface area (Å²) in [7, 11) is 0. The highest BCUT2D eigenvalue weighted by Crippen LogP contribution is 2.41. The second-order valence-corrected chi connectivity index (χ2v) is 5.01. The maximum atomic E-state index is 11.3. The van der Waals surface area contributed by atoms with Crippen molar-refractivity contribution in [2.24, 2.45) is 11.8 Å². The smallest absolute Gasteiger partial charge is 0.320 e. The maximum absolute atomic E-state index is 11.3. The van der Waals surface area contributed by atoms with Crippen molar-refractivity contribution in [1.29, 1.82) is 0 Å². The molecule has 4 heteroatoms. The molecular weight excluding hydrogens is 208 g/mol. The molecule has 0 amide bonds. The van der Waals surface area contributed by atoms with Crippen molar-refractivity contribution < 1.29 is 19.1 Å². The Labute approximate surface area is 95.3 Å². The summed E-state index contributed by atoms with van der Waals surface area (Å²) in [5.41, 5.74) is 0. The van der Waals surface area contributed by atoms with E-state index in [1.807, 2.05) is 0 Å². The molecule has 0 N–H and O–H groups in total. The second kappa shape index (κ2) is 4.07. The Kier molecular flexibility index (Phi) is 2.91. The topological polar surface area (TPSA) is 52.6 Å². The summed E-state index contributed by atoms with van der Waals surface area (Å²) >= 11 is 0. The predicted molar refractivity (Wildman–Crippen MR) is 56.3 cm³/mol. The minimum absolute atomic E-state index is 0.134. The molecule has 2 aliphatic rings. The lowest BCUT2D eigenvalue weighted by molar-refractivity contribution is -0.263. The number of rotatable bonds is 1. The van der Waals surface area contributed by atoms with Gasteiger partial charge in [0, 0.05) is 12.8 Å². The van der Waals surface area contributed by atoms with Gasteiger partial charge in [0.2, 0.25) is 0 Å². The molecule has 1 saturated carbocycles. The summed E-state index contributed by atoms with van der Waals surface area (Å²) in [6.07, 6.45) is 4.12. The number of esters is 2. The van der Waals surface area contributed by atoms with Gasteiger partial charge in [0.25, 0.3) is 5.79 Å². The largest absolute Gasteiger partial charge is 0.422 e. The van der Waals surface area contributed by atoms with Gasteiger partial charge in [-0.05, 0) is 12.3 Å². The standard InChI is InChI=1S/C12H18O4/c1-8-5-3-4-6-9(8)12(2)15-10(13)7-11(14)16-12/h8-9H,3-7H2,1-2H3. The fourth-order valence-electron chi connectivity index (χ4n) is 2.91. The highest BCUT2D eigenvalue weighted by Gasteiger charge is 2.48. The Bertz CT molecular complexity index is 294. The highest BCUT2D eigenvalue weighted by molar-refractivity contribution is 5.93. The van der Waals surface area contributed by atoms with Crippen LogP contribution < -0.4 is 0 Å². The molecule has 1 saturated heterocycles. The van der Waals surface area contributed by atoms with E-state index in [1.165, 1.54) is 6.42 Å². The molecule has 1 aliphatic carbocycles. The third-order valence-corrected chi connectivity index (χ3v) is 3.71. The van der Waals surface area contributed by atoms with Crippen LogP contribution in [-0.4, -0.2) is 17.7 Å². The minimum Gasteiger partial charge on any atom is -0.422 e. The van der Waals surface area contributed by atoms with Crippen LogP contribution in [0.1, 0.15) is 46.0 Å². The average molecular weight is 226 g/mol. The molecule has 0 aromatic rings. The van der Waals surface area contributed by atoms with Gasteiger partial charge in [-0.25, -0.2) is 0 Å². The van der Waals surface area contributed by atoms with Crippen LogP contribution in [0.15, 0.2) is 0 Å². The lowest BCUT2D eigenvalue weighted by atomic mass is 9.75. The van der Waals surface area contributed by atoms with E-state index in [-0.39, 0.29) is 12.3 Å². The summed E-state index contributed by atoms with van der Waals surface area (Å²) in [4.78, 5) is 22.6. The Balaban J connectivity index is 2.16. The molecule has 0 spiro atoms. The predicted octanol–water partition coefficient (Wildman–Crippen LogP) is 2.02. The molecule has 2 rings (SSSR count). The van der Waals surface area contributed by atoms with Crippen molar-refractivity contribution in [1.82, 2.24) is 0 Å². The van der Waals surface area contributed by atoms with E-state index >= 15 is 0 Å². The molecule has 16 heavy (non-hydrogen) atoms. The Morgan fingerprint density at radius 1 is 1.12 bits per heavy atom. The zero-order chi connectivity index (χ0) is 11.8. The average Bonchev–Trinajstić information content (AvgIpc) is 2.15. The van der Waals surface area contributed by atoms with E-state index in [1.54, 1.807) is 6.92 Å². The molecule has 1 heterocycles. The number of hydrogen-bond donors (Lipinski definition) is 0. The number of cyclic esters (lactones) is 2. The van der Waals surface area contributed by atoms with Crippen molar-refractivity contribution in [2.75, 3.05) is 0 Å². The molecule has 1 aliphatic heterocycles. The van der Waals surface area contributed by atoms with E-state index in [2.05, 4.69) is 6.92 Å². The molecular formula is C12H18O4. The highest BCUT2D eigenvalue weighted by atomic mass is 16.7. The maximum Gasteiger partial charge on any atom is 0.320 e. The van der Waals surface area contributed by atoms with E-state index in [9.17, 15) is 9.59 Å². The number of carbonyl (C=O) groups excluding carboxylic acids is 2. The molecule has 0 aromatic heterocycles. The van der Waals surface area contributed by atoms with Crippen molar-refractivity contribution in [3.05, 3.63) is 0 Å². The zero-order valence-corrected chi connectivity index (χ0v) is 9.82. The van der Waals surface area contributed by atoms with Crippen LogP contribution in [0.4, 0.5) is 0 Å². The monoisotopic (exact) mass is 226 g/mol. The lowest BCUT2D eigenvalue weighted by Crippen LogP contribution is -2.50. The van der Waals surface area contributed by atoms with Crippen LogP contribution in [0, 0.1) is 11.8 Å². The fourth-order valence-corrected chi connectivity index (χ4v) is 2.91. The normalized spacial score (nSPS) is 34.1. The Hall–Kier alpha value is -1.06. The summed E-state index contributed by atoms with van der Waals surface area (Å²) < 4.78 is 10.5. The van der Waals surface area contributed by atoms with Crippen molar-refractivity contribution in [3.63, 3.8) is 0 Å². The quantitative estimate of drug-likeness (QED) is 0.507. The van der Waals surface area contributed by atoms with Crippen LogP contribution in [-0.2, 0) is 19.1 Å². The molecule has 4 nitrogen and oxygen atoms in total. The third-order valence-electron chi connectivity index (χ3n) is 3.71. The van der Waals surface area contributed by atoms with E-state index in [0.29, 0.717) is 5.92 Å². The number of ether oxygens (including phenoxy) is 2. The van der Waals surface area contributed by atoms with Crippen LogP contribution in [0.3, 0.4) is 0 Å². The fraction of sp³-hybridized carbons (Fsp3) is 0.833. The molecule has 0 aromatic carbocycles. The first-order valence-electron chi connectivity index (χ1n) is 5.95. The van der Waals surface area contributed by atoms with E-state index in [4.69, 9.17) is 9.47 Å². The first kappa shape index (κ1) is 11.4. The van der Waals surface area contributed by atoms with Gasteiger partial charge in [-0.1, -0.05) is 26.2 Å². The van der Waals surface area contributed by atoms with Gasteiger partial charge in [-0.2, -0.15) is 0 Å². The summed E-state index contributed by atoms with van der Waals surface area (Å²) in [5, 5.41) is 0. The van der Waals surface area contributed by atoms with Crippen molar-refractivity contribution in [2.45, 2.75) is 51.7 Å².